The van der Waals surface area contributed by atoms with Crippen LogP contribution in [0.2, 0.25) is 0 Å². The van der Waals surface area contributed by atoms with Gasteiger partial charge in [0.05, 0.1) is 12.4 Å². The molecule has 2 atom stereocenters. The molecule has 0 aliphatic rings. The molecule has 80 valence electrons. The van der Waals surface area contributed by atoms with E-state index in [0.29, 0.717) is 12.6 Å². The van der Waals surface area contributed by atoms with Crippen LogP contribution in [0.25, 0.3) is 0 Å². The molecule has 0 saturated heterocycles. The number of hydrogen-bond donors (Lipinski definition) is 2. The monoisotopic (exact) mass is 197 g/mol. The first kappa shape index (κ1) is 11.3. The zero-order valence-corrected chi connectivity index (χ0v) is 8.86. The van der Waals surface area contributed by atoms with Gasteiger partial charge in [0.1, 0.15) is 5.76 Å². The van der Waals surface area contributed by atoms with Crippen LogP contribution in [0, 0.1) is 0 Å². The van der Waals surface area contributed by atoms with E-state index >= 15 is 0 Å². The van der Waals surface area contributed by atoms with Gasteiger partial charge in [-0.3, -0.25) is 0 Å². The lowest BCUT2D eigenvalue weighted by Crippen LogP contribution is -2.32. The third-order valence-electron chi connectivity index (χ3n) is 2.17. The molecule has 1 heterocycles. The largest absolute Gasteiger partial charge is 0.469 e. The van der Waals surface area contributed by atoms with E-state index in [0.717, 1.165) is 18.6 Å². The summed E-state index contributed by atoms with van der Waals surface area (Å²) in [5.74, 6) is 1.02. The Morgan fingerprint density at radius 3 is 2.86 bits per heavy atom. The Morgan fingerprint density at radius 2 is 2.29 bits per heavy atom. The van der Waals surface area contributed by atoms with E-state index in [1.54, 1.807) is 13.2 Å². The summed E-state index contributed by atoms with van der Waals surface area (Å²) in [4.78, 5) is 0. The van der Waals surface area contributed by atoms with Crippen LogP contribution >= 0.6 is 0 Å². The van der Waals surface area contributed by atoms with E-state index in [4.69, 9.17) is 9.52 Å². The second kappa shape index (κ2) is 5.83. The van der Waals surface area contributed by atoms with Gasteiger partial charge in [0.25, 0.3) is 0 Å². The highest BCUT2D eigenvalue weighted by Crippen LogP contribution is 2.05. The van der Waals surface area contributed by atoms with Crippen LogP contribution in [0.1, 0.15) is 26.0 Å². The van der Waals surface area contributed by atoms with Crippen LogP contribution in [0.5, 0.6) is 0 Å². The van der Waals surface area contributed by atoms with E-state index in [9.17, 15) is 0 Å². The summed E-state index contributed by atoms with van der Waals surface area (Å²) in [6, 6.07) is 4.31. The molecule has 3 nitrogen and oxygen atoms in total. The van der Waals surface area contributed by atoms with Crippen molar-refractivity contribution in [2.75, 3.05) is 6.54 Å². The Morgan fingerprint density at radius 1 is 1.50 bits per heavy atom. The highest BCUT2D eigenvalue weighted by Gasteiger charge is 2.04. The lowest BCUT2D eigenvalue weighted by Gasteiger charge is -2.14. The Kier molecular flexibility index (Phi) is 4.70. The first-order valence-electron chi connectivity index (χ1n) is 5.12. The van der Waals surface area contributed by atoms with Crippen LogP contribution in [0.3, 0.4) is 0 Å². The summed E-state index contributed by atoms with van der Waals surface area (Å²) in [6.07, 6.45) is 3.39. The SMILES string of the molecule is CC(CCc1ccco1)NC[C@@H](C)O. The first-order valence-corrected chi connectivity index (χ1v) is 5.12. The maximum atomic E-state index is 9.07. The Bertz CT molecular complexity index is 231. The molecule has 1 aromatic heterocycles. The van der Waals surface area contributed by atoms with Crippen LogP contribution in [0.15, 0.2) is 22.8 Å². The third kappa shape index (κ3) is 4.44. The first-order chi connectivity index (χ1) is 6.68. The van der Waals surface area contributed by atoms with Gasteiger partial charge in [-0.15, -0.1) is 0 Å². The van der Waals surface area contributed by atoms with E-state index in [1.165, 1.54) is 0 Å². The van der Waals surface area contributed by atoms with E-state index in [-0.39, 0.29) is 6.10 Å². The second-order valence-electron chi connectivity index (χ2n) is 3.78. The maximum Gasteiger partial charge on any atom is 0.103 e. The van der Waals surface area contributed by atoms with Gasteiger partial charge in [-0.2, -0.15) is 0 Å². The third-order valence-corrected chi connectivity index (χ3v) is 2.17. The summed E-state index contributed by atoms with van der Waals surface area (Å²) in [6.45, 7) is 4.55. The van der Waals surface area contributed by atoms with Gasteiger partial charge < -0.3 is 14.8 Å². The fourth-order valence-electron chi connectivity index (χ4n) is 1.29. The van der Waals surface area contributed by atoms with Crippen molar-refractivity contribution in [2.24, 2.45) is 0 Å². The lowest BCUT2D eigenvalue weighted by molar-refractivity contribution is 0.186. The lowest BCUT2D eigenvalue weighted by atomic mass is 10.1. The Balaban J connectivity index is 2.12. The average Bonchev–Trinajstić information content (AvgIpc) is 2.63. The molecule has 2 N–H and O–H groups in total. The number of furan rings is 1. The summed E-state index contributed by atoms with van der Waals surface area (Å²) in [7, 11) is 0. The molecular formula is C11H19NO2. The van der Waals surface area contributed by atoms with E-state index in [2.05, 4.69) is 12.2 Å². The van der Waals surface area contributed by atoms with Crippen LogP contribution in [-0.4, -0.2) is 23.8 Å². The van der Waals surface area contributed by atoms with Crippen molar-refractivity contribution in [3.63, 3.8) is 0 Å². The van der Waals surface area contributed by atoms with Gasteiger partial charge >= 0.3 is 0 Å². The van der Waals surface area contributed by atoms with Crippen molar-refractivity contribution < 1.29 is 9.52 Å². The standard InChI is InChI=1S/C11H19NO2/c1-9(12-8-10(2)13)5-6-11-4-3-7-14-11/h3-4,7,9-10,12-13H,5-6,8H2,1-2H3/t9?,10-/m1/s1. The van der Waals surface area contributed by atoms with Crippen molar-refractivity contribution in [1.82, 2.24) is 5.32 Å². The highest BCUT2D eigenvalue weighted by atomic mass is 16.3. The predicted octanol–water partition coefficient (Wildman–Crippen LogP) is 1.57. The van der Waals surface area contributed by atoms with Crippen molar-refractivity contribution in [3.05, 3.63) is 24.2 Å². The fourth-order valence-corrected chi connectivity index (χ4v) is 1.29. The summed E-state index contributed by atoms with van der Waals surface area (Å²) in [5, 5.41) is 12.3. The van der Waals surface area contributed by atoms with E-state index in [1.807, 2.05) is 12.1 Å². The van der Waals surface area contributed by atoms with Gasteiger partial charge in [-0.1, -0.05) is 0 Å². The molecule has 0 aromatic carbocycles. The molecule has 0 aliphatic carbocycles. The molecule has 1 aromatic rings. The molecule has 0 radical (unpaired) electrons. The summed E-state index contributed by atoms with van der Waals surface area (Å²) in [5.41, 5.74) is 0. The number of aliphatic hydroxyl groups is 1. The number of aryl methyl sites for hydroxylation is 1. The smallest absolute Gasteiger partial charge is 0.103 e. The minimum Gasteiger partial charge on any atom is -0.469 e. The zero-order chi connectivity index (χ0) is 10.4. The minimum absolute atomic E-state index is 0.277. The molecule has 0 fully saturated rings. The molecule has 0 amide bonds. The van der Waals surface area contributed by atoms with Crippen molar-refractivity contribution >= 4 is 0 Å². The quantitative estimate of drug-likeness (QED) is 0.727. The molecular weight excluding hydrogens is 178 g/mol. The normalized spacial score (nSPS) is 15.4. The molecule has 14 heavy (non-hydrogen) atoms. The van der Waals surface area contributed by atoms with Gasteiger partial charge in [0.2, 0.25) is 0 Å². The van der Waals surface area contributed by atoms with Crippen molar-refractivity contribution in [3.8, 4) is 0 Å². The number of aliphatic hydroxyl groups excluding tert-OH is 1. The van der Waals surface area contributed by atoms with E-state index < -0.39 is 0 Å². The van der Waals surface area contributed by atoms with Gasteiger partial charge in [0, 0.05) is 19.0 Å². The topological polar surface area (TPSA) is 45.4 Å². The number of rotatable bonds is 6. The average molecular weight is 197 g/mol. The zero-order valence-electron chi connectivity index (χ0n) is 8.86. The molecule has 1 unspecified atom stereocenters. The predicted molar refractivity (Wildman–Crippen MR) is 56.2 cm³/mol. The highest BCUT2D eigenvalue weighted by molar-refractivity contribution is 4.98. The van der Waals surface area contributed by atoms with Crippen molar-refractivity contribution in [2.45, 2.75) is 38.8 Å². The summed E-state index contributed by atoms with van der Waals surface area (Å²) < 4.78 is 5.23. The molecule has 1 rings (SSSR count). The second-order valence-corrected chi connectivity index (χ2v) is 3.78. The maximum absolute atomic E-state index is 9.07. The van der Waals surface area contributed by atoms with Crippen LogP contribution in [-0.2, 0) is 6.42 Å². The Hall–Kier alpha value is -0.800. The molecule has 0 saturated carbocycles. The van der Waals surface area contributed by atoms with Crippen LogP contribution in [0.4, 0.5) is 0 Å². The Labute approximate surface area is 85.1 Å². The number of nitrogens with one attached hydrogen (secondary N) is 1. The molecule has 0 aliphatic heterocycles. The molecule has 0 bridgehead atoms. The minimum atomic E-state index is -0.277. The fraction of sp³-hybridized carbons (Fsp3) is 0.636. The van der Waals surface area contributed by atoms with Gasteiger partial charge in [-0.25, -0.2) is 0 Å². The van der Waals surface area contributed by atoms with Crippen LogP contribution < -0.4 is 5.32 Å². The number of hydrogen-bond acceptors (Lipinski definition) is 3. The molecule has 3 heteroatoms. The van der Waals surface area contributed by atoms with Crippen molar-refractivity contribution in [1.29, 1.82) is 0 Å². The van der Waals surface area contributed by atoms with Gasteiger partial charge in [-0.05, 0) is 32.4 Å². The van der Waals surface area contributed by atoms with Gasteiger partial charge in [0.15, 0.2) is 0 Å². The summed E-state index contributed by atoms with van der Waals surface area (Å²) >= 11 is 0. The molecule has 0 spiro atoms.